The molecule has 0 spiro atoms. The van der Waals surface area contributed by atoms with E-state index in [1.54, 1.807) is 7.11 Å². The standard InChI is InChI=1S/C17H25N3O/c1-11(2)20-14(5)17(13(4)19-20)18-12(3)15-8-7-9-16(10-15)21-6/h7-12,18H,1-6H3. The summed E-state index contributed by atoms with van der Waals surface area (Å²) < 4.78 is 7.36. The van der Waals surface area contributed by atoms with E-state index in [0.717, 1.165) is 17.1 Å². The van der Waals surface area contributed by atoms with Crippen LogP contribution in [0.5, 0.6) is 5.75 Å². The summed E-state index contributed by atoms with van der Waals surface area (Å²) in [4.78, 5) is 0. The number of anilines is 1. The van der Waals surface area contributed by atoms with Crippen molar-refractivity contribution in [3.63, 3.8) is 0 Å². The molecule has 0 saturated carbocycles. The summed E-state index contributed by atoms with van der Waals surface area (Å²) in [6, 6.07) is 8.72. The second-order valence-electron chi connectivity index (χ2n) is 5.73. The number of rotatable bonds is 5. The van der Waals surface area contributed by atoms with Crippen molar-refractivity contribution in [3.8, 4) is 5.75 Å². The minimum absolute atomic E-state index is 0.197. The molecule has 4 heteroatoms. The predicted octanol–water partition coefficient (Wildman–Crippen LogP) is 4.26. The Bertz CT molecular complexity index is 616. The van der Waals surface area contributed by atoms with Gasteiger partial charge in [0.1, 0.15) is 5.75 Å². The van der Waals surface area contributed by atoms with Gasteiger partial charge in [-0.15, -0.1) is 0 Å². The minimum atomic E-state index is 0.197. The molecule has 21 heavy (non-hydrogen) atoms. The average molecular weight is 287 g/mol. The van der Waals surface area contributed by atoms with Gasteiger partial charge in [0, 0.05) is 12.1 Å². The van der Waals surface area contributed by atoms with Gasteiger partial charge in [-0.05, 0) is 52.3 Å². The van der Waals surface area contributed by atoms with Gasteiger partial charge < -0.3 is 10.1 Å². The number of hydrogen-bond donors (Lipinski definition) is 1. The van der Waals surface area contributed by atoms with Crippen LogP contribution in [0.4, 0.5) is 5.69 Å². The number of nitrogens with zero attached hydrogens (tertiary/aromatic N) is 2. The number of nitrogens with one attached hydrogen (secondary N) is 1. The molecule has 114 valence electrons. The molecular weight excluding hydrogens is 262 g/mol. The molecule has 1 aromatic heterocycles. The van der Waals surface area contributed by atoms with Crippen LogP contribution in [0.1, 0.15) is 49.8 Å². The summed E-state index contributed by atoms with van der Waals surface area (Å²) in [6.07, 6.45) is 0. The van der Waals surface area contributed by atoms with Gasteiger partial charge in [0.15, 0.2) is 0 Å². The van der Waals surface area contributed by atoms with Crippen molar-refractivity contribution in [2.75, 3.05) is 12.4 Å². The average Bonchev–Trinajstić information content (AvgIpc) is 2.75. The van der Waals surface area contributed by atoms with Gasteiger partial charge in [0.25, 0.3) is 0 Å². The Balaban J connectivity index is 2.25. The highest BCUT2D eigenvalue weighted by Crippen LogP contribution is 2.28. The zero-order valence-corrected chi connectivity index (χ0v) is 13.8. The second kappa shape index (κ2) is 6.20. The lowest BCUT2D eigenvalue weighted by Gasteiger charge is -2.17. The van der Waals surface area contributed by atoms with Gasteiger partial charge in [-0.1, -0.05) is 12.1 Å². The third-order valence-corrected chi connectivity index (χ3v) is 3.77. The Morgan fingerprint density at radius 3 is 2.48 bits per heavy atom. The summed E-state index contributed by atoms with van der Waals surface area (Å²) >= 11 is 0. The number of aromatic nitrogens is 2. The molecule has 0 fully saturated rings. The molecule has 4 nitrogen and oxygen atoms in total. The summed E-state index contributed by atoms with van der Waals surface area (Å²) in [5, 5.41) is 8.20. The van der Waals surface area contributed by atoms with Gasteiger partial charge >= 0.3 is 0 Å². The number of methoxy groups -OCH3 is 1. The number of aryl methyl sites for hydroxylation is 1. The summed E-state index contributed by atoms with van der Waals surface area (Å²) in [5.41, 5.74) is 4.54. The van der Waals surface area contributed by atoms with E-state index in [1.165, 1.54) is 11.3 Å². The highest BCUT2D eigenvalue weighted by atomic mass is 16.5. The number of ether oxygens (including phenoxy) is 1. The summed E-state index contributed by atoms with van der Waals surface area (Å²) in [7, 11) is 1.69. The van der Waals surface area contributed by atoms with Gasteiger partial charge in [-0.3, -0.25) is 4.68 Å². The first-order valence-electron chi connectivity index (χ1n) is 7.40. The monoisotopic (exact) mass is 287 g/mol. The van der Waals surface area contributed by atoms with Gasteiger partial charge in [0.05, 0.1) is 24.2 Å². The van der Waals surface area contributed by atoms with Crippen LogP contribution in [0.2, 0.25) is 0 Å². The molecule has 0 bridgehead atoms. The molecule has 0 aliphatic heterocycles. The van der Waals surface area contributed by atoms with Crippen molar-refractivity contribution in [3.05, 3.63) is 41.2 Å². The van der Waals surface area contributed by atoms with E-state index in [-0.39, 0.29) is 6.04 Å². The first-order valence-corrected chi connectivity index (χ1v) is 7.40. The molecule has 0 amide bonds. The third-order valence-electron chi connectivity index (χ3n) is 3.77. The van der Waals surface area contributed by atoms with Crippen LogP contribution in [0, 0.1) is 13.8 Å². The molecule has 1 N–H and O–H groups in total. The normalized spacial score (nSPS) is 12.5. The molecule has 0 aliphatic carbocycles. The Labute approximate surface area is 127 Å². The van der Waals surface area contributed by atoms with Crippen LogP contribution in [0.25, 0.3) is 0 Å². The molecular formula is C17H25N3O. The summed E-state index contributed by atoms with van der Waals surface area (Å²) in [5.74, 6) is 0.882. The Hall–Kier alpha value is -1.97. The van der Waals surface area contributed by atoms with Crippen LogP contribution < -0.4 is 10.1 Å². The van der Waals surface area contributed by atoms with E-state index in [1.807, 2.05) is 19.1 Å². The molecule has 2 aromatic rings. The fraction of sp³-hybridized carbons (Fsp3) is 0.471. The van der Waals surface area contributed by atoms with E-state index < -0.39 is 0 Å². The Kier molecular flexibility index (Phi) is 4.56. The Morgan fingerprint density at radius 2 is 1.90 bits per heavy atom. The SMILES string of the molecule is COc1cccc(C(C)Nc2c(C)nn(C(C)C)c2C)c1. The van der Waals surface area contributed by atoms with Crippen LogP contribution >= 0.6 is 0 Å². The third kappa shape index (κ3) is 3.20. The lowest BCUT2D eigenvalue weighted by atomic mass is 10.1. The highest BCUT2D eigenvalue weighted by Gasteiger charge is 2.16. The van der Waals surface area contributed by atoms with E-state index in [4.69, 9.17) is 4.74 Å². The maximum atomic E-state index is 5.29. The quantitative estimate of drug-likeness (QED) is 0.893. The second-order valence-corrected chi connectivity index (χ2v) is 5.73. The largest absolute Gasteiger partial charge is 0.497 e. The topological polar surface area (TPSA) is 39.1 Å². The highest BCUT2D eigenvalue weighted by molar-refractivity contribution is 5.54. The van der Waals surface area contributed by atoms with Gasteiger partial charge in [-0.2, -0.15) is 5.10 Å². The maximum absolute atomic E-state index is 5.29. The van der Waals surface area contributed by atoms with E-state index in [9.17, 15) is 0 Å². The number of hydrogen-bond acceptors (Lipinski definition) is 3. The summed E-state index contributed by atoms with van der Waals surface area (Å²) in [6.45, 7) is 10.6. The van der Waals surface area contributed by atoms with Crippen molar-refractivity contribution >= 4 is 5.69 Å². The first-order chi connectivity index (χ1) is 9.93. The van der Waals surface area contributed by atoms with Crippen molar-refractivity contribution in [1.29, 1.82) is 0 Å². The fourth-order valence-corrected chi connectivity index (χ4v) is 2.59. The van der Waals surface area contributed by atoms with Crippen LogP contribution in [0.3, 0.4) is 0 Å². The van der Waals surface area contributed by atoms with Gasteiger partial charge in [-0.25, -0.2) is 0 Å². The molecule has 1 aromatic carbocycles. The maximum Gasteiger partial charge on any atom is 0.119 e. The molecule has 0 radical (unpaired) electrons. The van der Waals surface area contributed by atoms with E-state index >= 15 is 0 Å². The zero-order valence-electron chi connectivity index (χ0n) is 13.8. The van der Waals surface area contributed by atoms with Crippen molar-refractivity contribution < 1.29 is 4.74 Å². The number of benzene rings is 1. The molecule has 1 atom stereocenters. The van der Waals surface area contributed by atoms with Crippen LogP contribution in [-0.2, 0) is 0 Å². The van der Waals surface area contributed by atoms with Crippen LogP contribution in [-0.4, -0.2) is 16.9 Å². The molecule has 1 heterocycles. The fourth-order valence-electron chi connectivity index (χ4n) is 2.59. The molecule has 0 aliphatic rings. The van der Waals surface area contributed by atoms with Crippen molar-refractivity contribution in [2.24, 2.45) is 0 Å². The minimum Gasteiger partial charge on any atom is -0.497 e. The molecule has 2 rings (SSSR count). The van der Waals surface area contributed by atoms with E-state index in [0.29, 0.717) is 6.04 Å². The van der Waals surface area contributed by atoms with Gasteiger partial charge in [0.2, 0.25) is 0 Å². The van der Waals surface area contributed by atoms with Crippen LogP contribution in [0.15, 0.2) is 24.3 Å². The van der Waals surface area contributed by atoms with Crippen molar-refractivity contribution in [2.45, 2.75) is 46.7 Å². The lowest BCUT2D eigenvalue weighted by molar-refractivity contribution is 0.414. The van der Waals surface area contributed by atoms with Crippen molar-refractivity contribution in [1.82, 2.24) is 9.78 Å². The first kappa shape index (κ1) is 15.4. The molecule has 1 unspecified atom stereocenters. The predicted molar refractivity (Wildman–Crippen MR) is 87.1 cm³/mol. The van der Waals surface area contributed by atoms with E-state index in [2.05, 4.69) is 54.9 Å². The smallest absolute Gasteiger partial charge is 0.119 e. The zero-order chi connectivity index (χ0) is 15.6. The molecule has 0 saturated heterocycles. The Morgan fingerprint density at radius 1 is 1.19 bits per heavy atom. The lowest BCUT2D eigenvalue weighted by Crippen LogP contribution is -2.09.